The van der Waals surface area contributed by atoms with Gasteiger partial charge >= 0.3 is 0 Å². The molecule has 1 aliphatic heterocycles. The third-order valence-corrected chi connectivity index (χ3v) is 3.11. The number of carbonyl (C=O) groups is 1. The summed E-state index contributed by atoms with van der Waals surface area (Å²) in [4.78, 5) is 16.1. The first kappa shape index (κ1) is 15.0. The van der Waals surface area contributed by atoms with Crippen molar-refractivity contribution in [3.05, 3.63) is 22.8 Å². The van der Waals surface area contributed by atoms with Gasteiger partial charge in [0, 0.05) is 19.3 Å². The summed E-state index contributed by atoms with van der Waals surface area (Å²) in [5.41, 5.74) is 0.424. The SMILES string of the molecule is CCNc1ncc(C(=O)NCC2COCCO2)cc1Cl. The van der Waals surface area contributed by atoms with Crippen LogP contribution in [-0.4, -0.2) is 49.9 Å². The fraction of sp³-hybridized carbons (Fsp3) is 0.538. The minimum Gasteiger partial charge on any atom is -0.376 e. The Labute approximate surface area is 122 Å². The smallest absolute Gasteiger partial charge is 0.252 e. The molecule has 20 heavy (non-hydrogen) atoms. The third-order valence-electron chi connectivity index (χ3n) is 2.82. The minimum atomic E-state index is -0.225. The highest BCUT2D eigenvalue weighted by Crippen LogP contribution is 2.19. The number of ether oxygens (including phenoxy) is 2. The van der Waals surface area contributed by atoms with Crippen LogP contribution in [0, 0.1) is 0 Å². The summed E-state index contributed by atoms with van der Waals surface area (Å²) in [6.07, 6.45) is 1.40. The Bertz CT molecular complexity index is 464. The van der Waals surface area contributed by atoms with E-state index in [1.54, 1.807) is 6.07 Å². The lowest BCUT2D eigenvalue weighted by molar-refractivity contribution is -0.0855. The number of hydrogen-bond acceptors (Lipinski definition) is 5. The quantitative estimate of drug-likeness (QED) is 0.858. The average Bonchev–Trinajstić information content (AvgIpc) is 2.48. The molecule has 7 heteroatoms. The van der Waals surface area contributed by atoms with E-state index in [1.165, 1.54) is 6.20 Å². The number of anilines is 1. The molecule has 0 spiro atoms. The molecule has 1 amide bonds. The van der Waals surface area contributed by atoms with Crippen LogP contribution in [0.4, 0.5) is 5.82 Å². The zero-order chi connectivity index (χ0) is 14.4. The Morgan fingerprint density at radius 2 is 2.40 bits per heavy atom. The second-order valence-corrected chi connectivity index (χ2v) is 4.77. The number of hydrogen-bond donors (Lipinski definition) is 2. The molecule has 0 radical (unpaired) electrons. The van der Waals surface area contributed by atoms with Gasteiger partial charge in [0.05, 0.1) is 36.5 Å². The van der Waals surface area contributed by atoms with Gasteiger partial charge in [0.15, 0.2) is 0 Å². The molecule has 0 aromatic carbocycles. The molecule has 1 aromatic heterocycles. The van der Waals surface area contributed by atoms with Gasteiger partial charge in [-0.15, -0.1) is 0 Å². The predicted octanol–water partition coefficient (Wildman–Crippen LogP) is 1.31. The maximum atomic E-state index is 12.0. The molecule has 2 heterocycles. The maximum absolute atomic E-state index is 12.0. The average molecular weight is 300 g/mol. The van der Waals surface area contributed by atoms with Crippen molar-refractivity contribution in [2.24, 2.45) is 0 Å². The molecule has 2 N–H and O–H groups in total. The standard InChI is InChI=1S/C13H18ClN3O3/c1-2-15-12-11(14)5-9(6-16-12)13(18)17-7-10-8-19-3-4-20-10/h5-6,10H,2-4,7-8H2,1H3,(H,15,16)(H,17,18). The van der Waals surface area contributed by atoms with Crippen molar-refractivity contribution >= 4 is 23.3 Å². The maximum Gasteiger partial charge on any atom is 0.252 e. The Kier molecular flexibility index (Phi) is 5.58. The second-order valence-electron chi connectivity index (χ2n) is 4.36. The number of carbonyl (C=O) groups excluding carboxylic acids is 1. The number of halogens is 1. The van der Waals surface area contributed by atoms with Gasteiger partial charge in [-0.3, -0.25) is 4.79 Å². The summed E-state index contributed by atoms with van der Waals surface area (Å²) in [5.74, 6) is 0.353. The zero-order valence-electron chi connectivity index (χ0n) is 11.3. The Hall–Kier alpha value is -1.37. The molecule has 1 aliphatic rings. The fourth-order valence-electron chi connectivity index (χ4n) is 1.82. The van der Waals surface area contributed by atoms with Gasteiger partial charge in [0.25, 0.3) is 5.91 Å². The van der Waals surface area contributed by atoms with Crippen molar-refractivity contribution < 1.29 is 14.3 Å². The molecule has 6 nitrogen and oxygen atoms in total. The van der Waals surface area contributed by atoms with Crippen molar-refractivity contribution in [1.29, 1.82) is 0 Å². The molecule has 0 bridgehead atoms. The molecule has 2 rings (SSSR count). The van der Waals surface area contributed by atoms with Crippen LogP contribution in [0.25, 0.3) is 0 Å². The van der Waals surface area contributed by atoms with Crippen molar-refractivity contribution in [3.8, 4) is 0 Å². The van der Waals surface area contributed by atoms with Crippen LogP contribution in [0.1, 0.15) is 17.3 Å². The lowest BCUT2D eigenvalue weighted by atomic mass is 10.2. The van der Waals surface area contributed by atoms with Gasteiger partial charge in [-0.25, -0.2) is 4.98 Å². The van der Waals surface area contributed by atoms with Crippen LogP contribution < -0.4 is 10.6 Å². The Balaban J connectivity index is 1.89. The van der Waals surface area contributed by atoms with E-state index >= 15 is 0 Å². The number of nitrogens with one attached hydrogen (secondary N) is 2. The number of amides is 1. The first-order valence-corrected chi connectivity index (χ1v) is 6.95. The van der Waals surface area contributed by atoms with E-state index in [4.69, 9.17) is 21.1 Å². The van der Waals surface area contributed by atoms with Crippen molar-refractivity contribution in [3.63, 3.8) is 0 Å². The van der Waals surface area contributed by atoms with Gasteiger partial charge in [-0.05, 0) is 13.0 Å². The number of aromatic nitrogens is 1. The summed E-state index contributed by atoms with van der Waals surface area (Å²) in [6.45, 7) is 4.74. The summed E-state index contributed by atoms with van der Waals surface area (Å²) in [7, 11) is 0. The molecule has 0 aliphatic carbocycles. The lowest BCUT2D eigenvalue weighted by Crippen LogP contribution is -2.39. The van der Waals surface area contributed by atoms with E-state index < -0.39 is 0 Å². The molecule has 0 saturated carbocycles. The fourth-order valence-corrected chi connectivity index (χ4v) is 2.06. The van der Waals surface area contributed by atoms with E-state index in [1.807, 2.05) is 6.92 Å². The molecule has 1 saturated heterocycles. The monoisotopic (exact) mass is 299 g/mol. The van der Waals surface area contributed by atoms with E-state index in [0.29, 0.717) is 42.8 Å². The van der Waals surface area contributed by atoms with Gasteiger partial charge < -0.3 is 20.1 Å². The second kappa shape index (κ2) is 7.42. The van der Waals surface area contributed by atoms with Crippen molar-refractivity contribution in [2.75, 3.05) is 38.2 Å². The van der Waals surface area contributed by atoms with E-state index in [9.17, 15) is 4.79 Å². The van der Waals surface area contributed by atoms with Crippen LogP contribution in [0.3, 0.4) is 0 Å². The number of pyridine rings is 1. The molecule has 1 unspecified atom stereocenters. The van der Waals surface area contributed by atoms with Gasteiger partial charge in [0.2, 0.25) is 0 Å². The van der Waals surface area contributed by atoms with Crippen LogP contribution in [-0.2, 0) is 9.47 Å². The van der Waals surface area contributed by atoms with Gasteiger partial charge in [-0.1, -0.05) is 11.6 Å². The van der Waals surface area contributed by atoms with E-state index in [-0.39, 0.29) is 12.0 Å². The molecule has 1 aromatic rings. The normalized spacial score (nSPS) is 18.6. The van der Waals surface area contributed by atoms with Crippen LogP contribution >= 0.6 is 11.6 Å². The van der Waals surface area contributed by atoms with Crippen LogP contribution in [0.2, 0.25) is 5.02 Å². The van der Waals surface area contributed by atoms with Gasteiger partial charge in [-0.2, -0.15) is 0 Å². The number of rotatable bonds is 5. The van der Waals surface area contributed by atoms with Crippen molar-refractivity contribution in [2.45, 2.75) is 13.0 Å². The summed E-state index contributed by atoms with van der Waals surface area (Å²) < 4.78 is 10.7. The van der Waals surface area contributed by atoms with Gasteiger partial charge in [0.1, 0.15) is 5.82 Å². The molecule has 1 fully saturated rings. The molecular formula is C13H18ClN3O3. The highest BCUT2D eigenvalue weighted by atomic mass is 35.5. The van der Waals surface area contributed by atoms with Crippen LogP contribution in [0.5, 0.6) is 0 Å². The predicted molar refractivity (Wildman–Crippen MR) is 76.3 cm³/mol. The third kappa shape index (κ3) is 4.06. The number of nitrogens with zero attached hydrogens (tertiary/aromatic N) is 1. The topological polar surface area (TPSA) is 72.5 Å². The first-order chi connectivity index (χ1) is 9.70. The molecule has 110 valence electrons. The Morgan fingerprint density at radius 1 is 1.55 bits per heavy atom. The highest BCUT2D eigenvalue weighted by Gasteiger charge is 2.16. The van der Waals surface area contributed by atoms with E-state index in [0.717, 1.165) is 6.54 Å². The van der Waals surface area contributed by atoms with Crippen molar-refractivity contribution in [1.82, 2.24) is 10.3 Å². The van der Waals surface area contributed by atoms with E-state index in [2.05, 4.69) is 15.6 Å². The minimum absolute atomic E-state index is 0.0998. The Morgan fingerprint density at radius 3 is 3.05 bits per heavy atom. The summed E-state index contributed by atoms with van der Waals surface area (Å²) in [5, 5.41) is 6.23. The summed E-state index contributed by atoms with van der Waals surface area (Å²) >= 11 is 6.05. The first-order valence-electron chi connectivity index (χ1n) is 6.57. The molecule has 1 atom stereocenters. The molecular weight excluding hydrogens is 282 g/mol. The highest BCUT2D eigenvalue weighted by molar-refractivity contribution is 6.33. The summed E-state index contributed by atoms with van der Waals surface area (Å²) in [6, 6.07) is 1.60. The van der Waals surface area contributed by atoms with Crippen LogP contribution in [0.15, 0.2) is 12.3 Å². The largest absolute Gasteiger partial charge is 0.376 e. The zero-order valence-corrected chi connectivity index (χ0v) is 12.1. The lowest BCUT2D eigenvalue weighted by Gasteiger charge is -2.23.